The summed E-state index contributed by atoms with van der Waals surface area (Å²) in [6.45, 7) is 3.17. The predicted molar refractivity (Wildman–Crippen MR) is 206 cm³/mol. The molecule has 0 atom stereocenters. The number of nitrogens with one attached hydrogen (secondary N) is 2. The van der Waals surface area contributed by atoms with E-state index in [-0.39, 0.29) is 41.5 Å². The van der Waals surface area contributed by atoms with Gasteiger partial charge in [0, 0.05) is 38.5 Å². The zero-order valence-corrected chi connectivity index (χ0v) is 34.4. The van der Waals surface area contributed by atoms with Crippen LogP contribution in [0.2, 0.25) is 10.0 Å². The second kappa shape index (κ2) is 18.3. The number of carbonyl (C=O) groups is 2. The third-order valence-electron chi connectivity index (χ3n) is 7.76. The van der Waals surface area contributed by atoms with E-state index < -0.39 is 64.0 Å². The van der Waals surface area contributed by atoms with Gasteiger partial charge in [0.25, 0.3) is 11.1 Å². The average Bonchev–Trinajstić information content (AvgIpc) is 3.60. The quantitative estimate of drug-likeness (QED) is 0.145. The fraction of sp³-hybridized carbons (Fsp3) is 0.0588. The van der Waals surface area contributed by atoms with Gasteiger partial charge in [0.15, 0.2) is 11.4 Å². The summed E-state index contributed by atoms with van der Waals surface area (Å²) in [4.78, 5) is 47.1. The first-order chi connectivity index (χ1) is 27.1. The number of nitrogens with two attached hydrogens (primary N) is 2. The number of carboxylic acids is 2. The summed E-state index contributed by atoms with van der Waals surface area (Å²) in [5, 5.41) is 54.4. The van der Waals surface area contributed by atoms with Gasteiger partial charge in [0.05, 0.1) is 55.9 Å². The number of aromatic nitrogens is 4. The van der Waals surface area contributed by atoms with Gasteiger partial charge >= 0.3 is 1.43 Å². The first-order valence-corrected chi connectivity index (χ1v) is 19.8. The van der Waals surface area contributed by atoms with Crippen LogP contribution < -0.4 is 31.6 Å². The van der Waals surface area contributed by atoms with E-state index in [9.17, 15) is 46.2 Å². The molecule has 0 amide bonds. The van der Waals surface area contributed by atoms with Gasteiger partial charge in [-0.05, 0) is 86.6 Å². The van der Waals surface area contributed by atoms with Crippen molar-refractivity contribution in [3.63, 3.8) is 0 Å². The van der Waals surface area contributed by atoms with E-state index in [2.05, 4.69) is 30.7 Å². The van der Waals surface area contributed by atoms with Crippen LogP contribution in [0.5, 0.6) is 0 Å². The molecule has 2 aromatic heterocycles. The van der Waals surface area contributed by atoms with Gasteiger partial charge in [0.1, 0.15) is 0 Å². The summed E-state index contributed by atoms with van der Waals surface area (Å²) in [7, 11) is -8.24. The molecule has 0 unspecified atom stereocenters. The zero-order chi connectivity index (χ0) is 42.7. The molecule has 0 spiro atoms. The molecule has 25 heteroatoms. The first-order valence-electron chi connectivity index (χ1n) is 15.9. The molecule has 0 aliphatic carbocycles. The van der Waals surface area contributed by atoms with Crippen molar-refractivity contribution in [3.8, 4) is 11.4 Å². The Labute approximate surface area is 355 Å². The molecule has 6 aromatic rings. The Morgan fingerprint density at radius 2 is 0.983 bits per heavy atom. The maximum atomic E-state index is 12.6. The largest absolute Gasteiger partial charge is 1.00 e. The molecule has 20 nitrogen and oxygen atoms in total. The number of aryl methyl sites for hydroxylation is 2. The molecule has 0 bridgehead atoms. The Balaban J connectivity index is 0.000000310. The summed E-state index contributed by atoms with van der Waals surface area (Å²) in [5.41, 5.74) is -1.00. The van der Waals surface area contributed by atoms with Gasteiger partial charge in [0.2, 0.25) is 20.0 Å². The van der Waals surface area contributed by atoms with E-state index in [1.807, 2.05) is 0 Å². The molecule has 306 valence electrons. The van der Waals surface area contributed by atoms with Crippen molar-refractivity contribution < 1.29 is 55.4 Å². The second-order valence-corrected chi connectivity index (χ2v) is 15.8. The number of hydrogen-bond donors (Lipinski definition) is 4. The number of carbonyl (C=O) groups excluding carboxylic acids is 2. The number of aromatic amines is 2. The molecule has 6 rings (SSSR count). The van der Waals surface area contributed by atoms with E-state index in [0.717, 1.165) is 36.4 Å². The maximum Gasteiger partial charge on any atom is 1.00 e. The summed E-state index contributed by atoms with van der Waals surface area (Å²) >= 11 is 11.9. The Morgan fingerprint density at radius 3 is 1.29 bits per heavy atom. The van der Waals surface area contributed by atoms with Gasteiger partial charge in [-0.2, -0.15) is 0 Å². The van der Waals surface area contributed by atoms with Crippen molar-refractivity contribution in [2.24, 2.45) is 30.7 Å². The van der Waals surface area contributed by atoms with Gasteiger partial charge in [-0.15, -0.1) is 20.5 Å². The number of H-pyrrole nitrogens is 2. The minimum absolute atomic E-state index is 0. The number of nitrogens with zero attached hydrogens (tertiary/aromatic N) is 6. The van der Waals surface area contributed by atoms with Crippen LogP contribution in [0.1, 0.15) is 33.5 Å². The van der Waals surface area contributed by atoms with Gasteiger partial charge in [-0.1, -0.05) is 35.3 Å². The van der Waals surface area contributed by atoms with E-state index in [4.69, 9.17) is 33.5 Å². The van der Waals surface area contributed by atoms with Crippen LogP contribution in [0.15, 0.2) is 125 Å². The number of rotatable bonds is 10. The number of sulfonamides is 2. The topological polar surface area (TPSA) is 326 Å². The van der Waals surface area contributed by atoms with Crippen LogP contribution in [0.25, 0.3) is 11.4 Å². The summed E-state index contributed by atoms with van der Waals surface area (Å²) in [6, 6.07) is 19.1. The predicted octanol–water partition coefficient (Wildman–Crippen LogP) is 3.22. The molecular formula is C34H27Cl2CrN10O10S2-. The molecule has 0 aliphatic rings. The van der Waals surface area contributed by atoms with Crippen LogP contribution in [0, 0.1) is 13.8 Å². The number of carboxylic acid groups (broad SMARTS) is 2. The minimum atomic E-state index is -4.12. The molecule has 2 heterocycles. The summed E-state index contributed by atoms with van der Waals surface area (Å²) in [6.07, 6.45) is 0. The van der Waals surface area contributed by atoms with Crippen LogP contribution >= 0.6 is 23.2 Å². The third-order valence-corrected chi connectivity index (χ3v) is 10.1. The van der Waals surface area contributed by atoms with Crippen molar-refractivity contribution in [1.29, 1.82) is 0 Å². The number of benzene rings is 4. The molecule has 0 fully saturated rings. The van der Waals surface area contributed by atoms with Crippen molar-refractivity contribution in [1.82, 2.24) is 19.6 Å². The number of aromatic carboxylic acids is 2. The number of azo groups is 2. The van der Waals surface area contributed by atoms with Crippen LogP contribution in [0.4, 0.5) is 22.7 Å². The van der Waals surface area contributed by atoms with Gasteiger partial charge in [-0.25, -0.2) is 36.5 Å². The molecule has 0 saturated carbocycles. The van der Waals surface area contributed by atoms with Crippen LogP contribution in [-0.2, 0) is 37.4 Å². The van der Waals surface area contributed by atoms with Gasteiger partial charge < -0.3 is 19.8 Å². The summed E-state index contributed by atoms with van der Waals surface area (Å²) in [5.74, 6) is -3.35. The number of hydrogen-bond acceptors (Lipinski definition) is 14. The van der Waals surface area contributed by atoms with Crippen LogP contribution in [-0.4, -0.2) is 48.3 Å². The van der Waals surface area contributed by atoms with E-state index in [0.29, 0.717) is 32.8 Å². The molecule has 0 aliphatic heterocycles. The van der Waals surface area contributed by atoms with E-state index in [1.165, 1.54) is 9.36 Å². The van der Waals surface area contributed by atoms with Gasteiger partial charge in [-0.3, -0.25) is 19.8 Å². The number of halogens is 2. The van der Waals surface area contributed by atoms with Crippen molar-refractivity contribution >= 4 is 77.9 Å². The minimum Gasteiger partial charge on any atom is -0.545 e. The Hall–Kier alpha value is -6.03. The average molecular weight is 923 g/mol. The zero-order valence-electron chi connectivity index (χ0n) is 31.0. The number of primary sulfonamides is 2. The first kappa shape index (κ1) is 45.7. The monoisotopic (exact) mass is 921 g/mol. The smallest absolute Gasteiger partial charge is 0.545 e. The third kappa shape index (κ3) is 10.7. The summed E-state index contributed by atoms with van der Waals surface area (Å²) < 4.78 is 48.0. The fourth-order valence-electron chi connectivity index (χ4n) is 5.00. The normalized spacial score (nSPS) is 11.6. The van der Waals surface area contributed by atoms with E-state index >= 15 is 0 Å². The van der Waals surface area contributed by atoms with Crippen molar-refractivity contribution in [2.45, 2.75) is 23.6 Å². The maximum absolute atomic E-state index is 12.6. The molecule has 4 aromatic carbocycles. The standard InChI is InChI=1S/2C17H14ClN5O5S.Cr/c2*1-9-15(16(24)23(22-9)11-4-2-3-10(18)7-11)21-20-14-6-5-12(29(19,27)28)8-13(14)17(25)26;/h2*2-8,22H,1H3,(H,25,26)(H2,19,27,28);/p-1. The molecule has 0 saturated heterocycles. The second-order valence-electron chi connectivity index (χ2n) is 11.8. The fourth-order valence-corrected chi connectivity index (χ4v) is 6.45. The Kier molecular flexibility index (Phi) is 14.1. The Morgan fingerprint density at radius 1 is 0.627 bits per heavy atom. The van der Waals surface area contributed by atoms with Crippen molar-refractivity contribution in [3.05, 3.63) is 138 Å². The molecular weight excluding hydrogens is 895 g/mol. The van der Waals surface area contributed by atoms with Crippen LogP contribution in [0.3, 0.4) is 0 Å². The van der Waals surface area contributed by atoms with Crippen molar-refractivity contribution in [2.75, 3.05) is 0 Å². The molecule has 59 heavy (non-hydrogen) atoms. The molecule has 6 N–H and O–H groups in total. The molecule has 0 radical (unpaired) electrons. The SMILES string of the molecule is Cc1[nH]n(-c2cccc(Cl)c2)c(=O)c1N=Nc1ccc(S(N)(=O)=O)cc1C(=O)[O-].Cc1[nH]n(-c2cccc(Cl)c2)c(=O)c1N=Nc1ccc(S(N)(=O)=O)cc1C(=O)[O-].[Cr].[H+]. The Bertz CT molecular complexity index is 2840. The van der Waals surface area contributed by atoms with E-state index in [1.54, 1.807) is 62.4 Å².